The predicted molar refractivity (Wildman–Crippen MR) is 98.3 cm³/mol. The van der Waals surface area contributed by atoms with E-state index < -0.39 is 6.04 Å². The lowest BCUT2D eigenvalue weighted by Gasteiger charge is -2.24. The Labute approximate surface area is 149 Å². The number of carbonyl (C=O) groups excluding carboxylic acids is 3. The number of benzene rings is 1. The van der Waals surface area contributed by atoms with Crippen LogP contribution in [0.15, 0.2) is 24.3 Å². The maximum absolute atomic E-state index is 12.6. The summed E-state index contributed by atoms with van der Waals surface area (Å²) < 4.78 is 0. The highest BCUT2D eigenvalue weighted by Gasteiger charge is 2.33. The number of hydrogen-bond donors (Lipinski definition) is 2. The molecule has 1 saturated heterocycles. The van der Waals surface area contributed by atoms with Crippen LogP contribution in [0, 0.1) is 0 Å². The van der Waals surface area contributed by atoms with E-state index in [2.05, 4.69) is 10.6 Å². The lowest BCUT2D eigenvalue weighted by atomic mass is 10.2. The quantitative estimate of drug-likeness (QED) is 0.797. The zero-order valence-electron chi connectivity index (χ0n) is 15.0. The molecule has 1 aliphatic heterocycles. The van der Waals surface area contributed by atoms with E-state index in [1.165, 1.54) is 0 Å². The van der Waals surface area contributed by atoms with Gasteiger partial charge in [0.1, 0.15) is 6.04 Å². The number of carbonyl (C=O) groups is 3. The molecule has 1 atom stereocenters. The second-order valence-electron chi connectivity index (χ2n) is 6.36. The summed E-state index contributed by atoms with van der Waals surface area (Å²) in [6.07, 6.45) is 4.04. The van der Waals surface area contributed by atoms with Crippen LogP contribution in [0.5, 0.6) is 0 Å². The Balaban J connectivity index is 2.00. The van der Waals surface area contributed by atoms with Gasteiger partial charge in [0.05, 0.1) is 0 Å². The van der Waals surface area contributed by atoms with Crippen molar-refractivity contribution in [2.75, 3.05) is 17.2 Å². The molecule has 0 spiro atoms. The summed E-state index contributed by atoms with van der Waals surface area (Å²) in [6.45, 7) is 4.55. The topological polar surface area (TPSA) is 78.5 Å². The van der Waals surface area contributed by atoms with E-state index in [0.717, 1.165) is 19.3 Å². The lowest BCUT2D eigenvalue weighted by Crippen LogP contribution is -2.43. The fourth-order valence-corrected chi connectivity index (χ4v) is 3.05. The number of nitrogens with zero attached hydrogens (tertiary/aromatic N) is 1. The van der Waals surface area contributed by atoms with Crippen molar-refractivity contribution in [3.63, 3.8) is 0 Å². The first-order chi connectivity index (χ1) is 12.0. The summed E-state index contributed by atoms with van der Waals surface area (Å²) in [5, 5.41) is 5.69. The van der Waals surface area contributed by atoms with Crippen LogP contribution in [0.25, 0.3) is 0 Å². The number of amides is 3. The molecule has 1 aromatic rings. The van der Waals surface area contributed by atoms with Gasteiger partial charge in [0, 0.05) is 30.8 Å². The van der Waals surface area contributed by atoms with Crippen molar-refractivity contribution in [1.29, 1.82) is 0 Å². The third-order valence-electron chi connectivity index (χ3n) is 4.23. The predicted octanol–water partition coefficient (Wildman–Crippen LogP) is 3.15. The Morgan fingerprint density at radius 3 is 2.44 bits per heavy atom. The standard InChI is InChI=1S/C19H27N3O3/c1-3-7-17(23)20-14-9-5-10-15(13-14)21-19(25)16-11-6-12-22(16)18(24)8-4-2/h5,9-10,13,16H,3-4,6-8,11-12H2,1-2H3,(H,20,23)(H,21,25). The van der Waals surface area contributed by atoms with Crippen molar-refractivity contribution >= 4 is 29.1 Å². The number of anilines is 2. The molecule has 0 aromatic heterocycles. The van der Waals surface area contributed by atoms with Gasteiger partial charge in [0.15, 0.2) is 0 Å². The van der Waals surface area contributed by atoms with Crippen molar-refractivity contribution in [3.05, 3.63) is 24.3 Å². The van der Waals surface area contributed by atoms with Gasteiger partial charge in [-0.25, -0.2) is 0 Å². The molecule has 1 heterocycles. The molecule has 136 valence electrons. The molecule has 0 saturated carbocycles. The normalized spacial score (nSPS) is 16.6. The molecule has 1 unspecified atom stereocenters. The number of likely N-dealkylation sites (tertiary alicyclic amines) is 1. The van der Waals surface area contributed by atoms with E-state index in [9.17, 15) is 14.4 Å². The SMILES string of the molecule is CCCC(=O)Nc1cccc(NC(=O)C2CCCN2C(=O)CCC)c1. The summed E-state index contributed by atoms with van der Waals surface area (Å²) in [4.78, 5) is 38.1. The maximum atomic E-state index is 12.6. The van der Waals surface area contributed by atoms with Crippen LogP contribution in [0.3, 0.4) is 0 Å². The van der Waals surface area contributed by atoms with Crippen LogP contribution in [-0.4, -0.2) is 35.2 Å². The molecule has 0 radical (unpaired) electrons. The van der Waals surface area contributed by atoms with E-state index in [1.807, 2.05) is 13.8 Å². The van der Waals surface area contributed by atoms with E-state index in [1.54, 1.807) is 29.2 Å². The molecule has 1 aliphatic rings. The molecular formula is C19H27N3O3. The third-order valence-corrected chi connectivity index (χ3v) is 4.23. The fourth-order valence-electron chi connectivity index (χ4n) is 3.05. The summed E-state index contributed by atoms with van der Waals surface area (Å²) in [5.74, 6) is -0.169. The Morgan fingerprint density at radius 1 is 1.08 bits per heavy atom. The molecule has 25 heavy (non-hydrogen) atoms. The molecule has 3 amide bonds. The van der Waals surface area contributed by atoms with Gasteiger partial charge < -0.3 is 15.5 Å². The second-order valence-corrected chi connectivity index (χ2v) is 6.36. The van der Waals surface area contributed by atoms with Gasteiger partial charge in [-0.1, -0.05) is 19.9 Å². The summed E-state index contributed by atoms with van der Waals surface area (Å²) in [7, 11) is 0. The molecular weight excluding hydrogens is 318 g/mol. The molecule has 1 fully saturated rings. The minimum absolute atomic E-state index is 0.0423. The Hall–Kier alpha value is -2.37. The molecule has 2 N–H and O–H groups in total. The van der Waals surface area contributed by atoms with Gasteiger partial charge >= 0.3 is 0 Å². The third kappa shape index (κ3) is 5.31. The fraction of sp³-hybridized carbons (Fsp3) is 0.526. The van der Waals surface area contributed by atoms with Gasteiger partial charge in [0.25, 0.3) is 0 Å². The molecule has 0 aliphatic carbocycles. The zero-order valence-corrected chi connectivity index (χ0v) is 15.0. The van der Waals surface area contributed by atoms with Crippen molar-refractivity contribution in [3.8, 4) is 0 Å². The van der Waals surface area contributed by atoms with Crippen LogP contribution in [0.4, 0.5) is 11.4 Å². The van der Waals surface area contributed by atoms with Crippen LogP contribution in [0.2, 0.25) is 0 Å². The first kappa shape index (κ1) is 19.0. The highest BCUT2D eigenvalue weighted by Crippen LogP contribution is 2.22. The van der Waals surface area contributed by atoms with Crippen molar-refractivity contribution in [2.45, 2.75) is 58.4 Å². The Kier molecular flexibility index (Phi) is 6.98. The van der Waals surface area contributed by atoms with Crippen LogP contribution < -0.4 is 10.6 Å². The molecule has 0 bridgehead atoms. The van der Waals surface area contributed by atoms with Crippen LogP contribution in [-0.2, 0) is 14.4 Å². The highest BCUT2D eigenvalue weighted by atomic mass is 16.2. The first-order valence-electron chi connectivity index (χ1n) is 9.05. The van der Waals surface area contributed by atoms with Crippen molar-refractivity contribution in [1.82, 2.24) is 4.90 Å². The Bertz CT molecular complexity index is 630. The largest absolute Gasteiger partial charge is 0.331 e. The molecule has 6 heteroatoms. The maximum Gasteiger partial charge on any atom is 0.247 e. The van der Waals surface area contributed by atoms with Crippen molar-refractivity contribution < 1.29 is 14.4 Å². The monoisotopic (exact) mass is 345 g/mol. The minimum Gasteiger partial charge on any atom is -0.331 e. The van der Waals surface area contributed by atoms with Crippen LogP contribution in [0.1, 0.15) is 52.4 Å². The second kappa shape index (κ2) is 9.20. The van der Waals surface area contributed by atoms with Crippen molar-refractivity contribution in [2.24, 2.45) is 0 Å². The summed E-state index contributed by atoms with van der Waals surface area (Å²) in [6, 6.07) is 6.68. The Morgan fingerprint density at radius 2 is 1.76 bits per heavy atom. The van der Waals surface area contributed by atoms with E-state index in [-0.39, 0.29) is 17.7 Å². The summed E-state index contributed by atoms with van der Waals surface area (Å²) in [5.41, 5.74) is 1.27. The van der Waals surface area contributed by atoms with E-state index >= 15 is 0 Å². The number of rotatable bonds is 7. The minimum atomic E-state index is -0.405. The first-order valence-corrected chi connectivity index (χ1v) is 9.05. The van der Waals surface area contributed by atoms with Gasteiger partial charge in [-0.15, -0.1) is 0 Å². The van der Waals surface area contributed by atoms with Gasteiger partial charge in [-0.2, -0.15) is 0 Å². The summed E-state index contributed by atoms with van der Waals surface area (Å²) >= 11 is 0. The van der Waals surface area contributed by atoms with Crippen LogP contribution >= 0.6 is 0 Å². The van der Waals surface area contributed by atoms with Gasteiger partial charge in [-0.05, 0) is 43.9 Å². The van der Waals surface area contributed by atoms with E-state index in [4.69, 9.17) is 0 Å². The average Bonchev–Trinajstić information content (AvgIpc) is 3.05. The van der Waals surface area contributed by atoms with Gasteiger partial charge in [-0.3, -0.25) is 14.4 Å². The smallest absolute Gasteiger partial charge is 0.247 e. The number of hydrogen-bond acceptors (Lipinski definition) is 3. The average molecular weight is 345 g/mol. The van der Waals surface area contributed by atoms with Gasteiger partial charge in [0.2, 0.25) is 17.7 Å². The molecule has 1 aromatic carbocycles. The molecule has 2 rings (SSSR count). The highest BCUT2D eigenvalue weighted by molar-refractivity contribution is 5.98. The lowest BCUT2D eigenvalue weighted by molar-refractivity contribution is -0.136. The number of nitrogens with one attached hydrogen (secondary N) is 2. The molecule has 6 nitrogen and oxygen atoms in total. The zero-order chi connectivity index (χ0) is 18.2. The van der Waals surface area contributed by atoms with E-state index in [0.29, 0.717) is 37.2 Å².